The number of aromatic nitrogens is 1. The van der Waals surface area contributed by atoms with Gasteiger partial charge in [0.05, 0.1) is 0 Å². The van der Waals surface area contributed by atoms with E-state index in [9.17, 15) is 0 Å². The molecule has 1 aromatic heterocycles. The van der Waals surface area contributed by atoms with Crippen molar-refractivity contribution < 1.29 is 0 Å². The molecular formula is C18H24N2. The molecule has 0 saturated carbocycles. The van der Waals surface area contributed by atoms with Crippen molar-refractivity contribution in [3.8, 4) is 0 Å². The molecule has 0 amide bonds. The van der Waals surface area contributed by atoms with Crippen molar-refractivity contribution in [2.75, 3.05) is 6.54 Å². The van der Waals surface area contributed by atoms with E-state index in [0.29, 0.717) is 5.92 Å². The fourth-order valence-electron chi connectivity index (χ4n) is 3.61. The largest absolute Gasteiger partial charge is 0.307 e. The summed E-state index contributed by atoms with van der Waals surface area (Å²) in [7, 11) is 0. The summed E-state index contributed by atoms with van der Waals surface area (Å²) in [5.41, 5.74) is 1.46. The third-order valence-electron chi connectivity index (χ3n) is 4.82. The summed E-state index contributed by atoms with van der Waals surface area (Å²) in [6.07, 6.45) is 9.19. The van der Waals surface area contributed by atoms with Gasteiger partial charge in [0.25, 0.3) is 0 Å². The van der Waals surface area contributed by atoms with Gasteiger partial charge in [-0.3, -0.25) is 4.98 Å². The van der Waals surface area contributed by atoms with Crippen LogP contribution in [0.2, 0.25) is 0 Å². The summed E-state index contributed by atoms with van der Waals surface area (Å²) >= 11 is 0. The highest BCUT2D eigenvalue weighted by molar-refractivity contribution is 5.85. The van der Waals surface area contributed by atoms with Crippen LogP contribution >= 0.6 is 0 Å². The highest BCUT2D eigenvalue weighted by Crippen LogP contribution is 2.39. The van der Waals surface area contributed by atoms with Crippen molar-refractivity contribution in [3.05, 3.63) is 42.2 Å². The predicted octanol–water partition coefficient (Wildman–Crippen LogP) is 4.25. The second kappa shape index (κ2) is 5.53. The number of pyridine rings is 1. The van der Waals surface area contributed by atoms with Crippen LogP contribution in [0.15, 0.2) is 36.7 Å². The summed E-state index contributed by atoms with van der Waals surface area (Å²) in [5.74, 6) is 0.563. The molecule has 0 aliphatic carbocycles. The molecule has 1 fully saturated rings. The van der Waals surface area contributed by atoms with Crippen molar-refractivity contribution >= 4 is 10.8 Å². The molecule has 2 nitrogen and oxygen atoms in total. The van der Waals surface area contributed by atoms with E-state index in [-0.39, 0.29) is 5.54 Å². The van der Waals surface area contributed by atoms with E-state index in [0.717, 1.165) is 6.54 Å². The third-order valence-corrected chi connectivity index (χ3v) is 4.82. The molecule has 0 bridgehead atoms. The maximum absolute atomic E-state index is 4.51. The molecule has 1 unspecified atom stereocenters. The highest BCUT2D eigenvalue weighted by Gasteiger charge is 2.37. The van der Waals surface area contributed by atoms with Gasteiger partial charge in [0.2, 0.25) is 0 Å². The number of nitrogens with zero attached hydrogens (tertiary/aromatic N) is 1. The van der Waals surface area contributed by atoms with Crippen LogP contribution in [0.1, 0.15) is 45.1 Å². The molecule has 0 spiro atoms. The minimum absolute atomic E-state index is 0.0738. The summed E-state index contributed by atoms with van der Waals surface area (Å²) in [4.78, 5) is 4.51. The van der Waals surface area contributed by atoms with Crippen molar-refractivity contribution in [3.63, 3.8) is 0 Å². The highest BCUT2D eigenvalue weighted by atomic mass is 15.0. The molecule has 1 aliphatic rings. The average molecular weight is 268 g/mol. The van der Waals surface area contributed by atoms with E-state index in [1.165, 1.54) is 42.0 Å². The van der Waals surface area contributed by atoms with Gasteiger partial charge in [-0.1, -0.05) is 51.0 Å². The first kappa shape index (κ1) is 13.6. The molecule has 1 aliphatic heterocycles. The number of rotatable bonds is 2. The number of hydrogen-bond donors (Lipinski definition) is 1. The summed E-state index contributed by atoms with van der Waals surface area (Å²) in [6, 6.07) is 8.63. The Bertz CT molecular complexity index is 575. The van der Waals surface area contributed by atoms with E-state index in [2.05, 4.69) is 54.6 Å². The minimum atomic E-state index is 0.0738. The zero-order valence-electron chi connectivity index (χ0n) is 12.5. The topological polar surface area (TPSA) is 24.9 Å². The molecule has 106 valence electrons. The van der Waals surface area contributed by atoms with Crippen LogP contribution in [0, 0.1) is 5.92 Å². The standard InChI is InChI=1S/C18H24N2/c1-14(2)18(10-6-3-7-11-20-18)17-13-19-12-15-8-4-5-9-16(15)17/h4-5,8-9,12-14,20H,3,6-7,10-11H2,1-2H3. The maximum atomic E-state index is 4.51. The first-order valence-electron chi connectivity index (χ1n) is 7.82. The van der Waals surface area contributed by atoms with Crippen LogP contribution in [0.3, 0.4) is 0 Å². The second-order valence-corrected chi connectivity index (χ2v) is 6.27. The smallest absolute Gasteiger partial charge is 0.0479 e. The molecule has 3 rings (SSSR count). The Kier molecular flexibility index (Phi) is 3.75. The van der Waals surface area contributed by atoms with E-state index in [1.54, 1.807) is 0 Å². The Hall–Kier alpha value is -1.41. The first-order chi connectivity index (χ1) is 9.74. The lowest BCUT2D eigenvalue weighted by Gasteiger charge is -2.39. The van der Waals surface area contributed by atoms with Crippen LogP contribution in [-0.4, -0.2) is 11.5 Å². The van der Waals surface area contributed by atoms with Crippen molar-refractivity contribution in [2.24, 2.45) is 5.92 Å². The Morgan fingerprint density at radius 3 is 2.80 bits per heavy atom. The van der Waals surface area contributed by atoms with Crippen LogP contribution in [-0.2, 0) is 5.54 Å². The van der Waals surface area contributed by atoms with Crippen LogP contribution in [0.4, 0.5) is 0 Å². The molecule has 1 atom stereocenters. The molecule has 2 aromatic rings. The number of fused-ring (bicyclic) bond motifs is 1. The Morgan fingerprint density at radius 1 is 1.10 bits per heavy atom. The summed E-state index contributed by atoms with van der Waals surface area (Å²) in [6.45, 7) is 5.78. The maximum Gasteiger partial charge on any atom is 0.0479 e. The van der Waals surface area contributed by atoms with Gasteiger partial charge in [-0.15, -0.1) is 0 Å². The molecule has 0 radical (unpaired) electrons. The predicted molar refractivity (Wildman–Crippen MR) is 84.7 cm³/mol. The van der Waals surface area contributed by atoms with Gasteiger partial charge in [-0.05, 0) is 36.3 Å². The first-order valence-corrected chi connectivity index (χ1v) is 7.82. The van der Waals surface area contributed by atoms with Gasteiger partial charge in [0.15, 0.2) is 0 Å². The monoisotopic (exact) mass is 268 g/mol. The van der Waals surface area contributed by atoms with Crippen LogP contribution in [0.25, 0.3) is 10.8 Å². The van der Waals surface area contributed by atoms with Gasteiger partial charge in [0.1, 0.15) is 0 Å². The lowest BCUT2D eigenvalue weighted by molar-refractivity contribution is 0.232. The third kappa shape index (κ3) is 2.22. The van der Waals surface area contributed by atoms with Gasteiger partial charge in [0, 0.05) is 23.3 Å². The molecule has 1 aromatic carbocycles. The van der Waals surface area contributed by atoms with E-state index >= 15 is 0 Å². The van der Waals surface area contributed by atoms with E-state index < -0.39 is 0 Å². The quantitative estimate of drug-likeness (QED) is 0.880. The number of benzene rings is 1. The minimum Gasteiger partial charge on any atom is -0.307 e. The fourth-order valence-corrected chi connectivity index (χ4v) is 3.61. The lowest BCUT2D eigenvalue weighted by atomic mass is 9.75. The van der Waals surface area contributed by atoms with Gasteiger partial charge in [-0.25, -0.2) is 0 Å². The number of hydrogen-bond acceptors (Lipinski definition) is 2. The summed E-state index contributed by atoms with van der Waals surface area (Å²) in [5, 5.41) is 6.46. The molecule has 2 heteroatoms. The zero-order chi connectivity index (χ0) is 14.0. The van der Waals surface area contributed by atoms with Crippen molar-refractivity contribution in [1.82, 2.24) is 10.3 Å². The van der Waals surface area contributed by atoms with Gasteiger partial charge >= 0.3 is 0 Å². The molecule has 2 heterocycles. The van der Waals surface area contributed by atoms with Crippen LogP contribution in [0.5, 0.6) is 0 Å². The molecular weight excluding hydrogens is 244 g/mol. The Morgan fingerprint density at radius 2 is 1.95 bits per heavy atom. The SMILES string of the molecule is CC(C)C1(c2cncc3ccccc23)CCCCCN1. The zero-order valence-corrected chi connectivity index (χ0v) is 12.5. The van der Waals surface area contributed by atoms with Gasteiger partial charge in [-0.2, -0.15) is 0 Å². The number of nitrogens with one attached hydrogen (secondary N) is 1. The van der Waals surface area contributed by atoms with E-state index in [1.807, 2.05) is 6.20 Å². The Labute approximate surface area is 121 Å². The fraction of sp³-hybridized carbons (Fsp3) is 0.500. The Balaban J connectivity index is 2.19. The van der Waals surface area contributed by atoms with Gasteiger partial charge < -0.3 is 5.32 Å². The molecule has 1 saturated heterocycles. The second-order valence-electron chi connectivity index (χ2n) is 6.27. The van der Waals surface area contributed by atoms with E-state index in [4.69, 9.17) is 0 Å². The lowest BCUT2D eigenvalue weighted by Crippen LogP contribution is -2.46. The molecule has 20 heavy (non-hydrogen) atoms. The van der Waals surface area contributed by atoms with Crippen LogP contribution < -0.4 is 5.32 Å². The molecule has 1 N–H and O–H groups in total. The average Bonchev–Trinajstić information content (AvgIpc) is 2.73. The van der Waals surface area contributed by atoms with Crippen molar-refractivity contribution in [1.29, 1.82) is 0 Å². The normalized spacial score (nSPS) is 23.9. The van der Waals surface area contributed by atoms with Crippen molar-refractivity contribution in [2.45, 2.75) is 45.1 Å². The summed E-state index contributed by atoms with van der Waals surface area (Å²) < 4.78 is 0.